The van der Waals surface area contributed by atoms with Crippen molar-refractivity contribution >= 4 is 40.5 Å². The van der Waals surface area contributed by atoms with E-state index >= 15 is 0 Å². The van der Waals surface area contributed by atoms with Crippen LogP contribution in [0, 0.1) is 23.7 Å². The van der Waals surface area contributed by atoms with Gasteiger partial charge in [-0.05, 0) is 127 Å². The number of nitrogens with one attached hydrogen (secondary N) is 2. The van der Waals surface area contributed by atoms with Crippen molar-refractivity contribution < 1.29 is 42.2 Å². The van der Waals surface area contributed by atoms with Crippen LogP contribution in [0.1, 0.15) is 115 Å². The van der Waals surface area contributed by atoms with Crippen LogP contribution in [0.3, 0.4) is 0 Å². The van der Waals surface area contributed by atoms with Gasteiger partial charge in [0.05, 0.1) is 18.8 Å². The van der Waals surface area contributed by atoms with Crippen LogP contribution < -0.4 is 10.6 Å². The number of methoxy groups -OCH3 is 1. The summed E-state index contributed by atoms with van der Waals surface area (Å²) in [6.07, 6.45) is 9.16. The van der Waals surface area contributed by atoms with Crippen molar-refractivity contribution in [3.05, 3.63) is 30.0 Å². The number of unbranched alkanes of at least 4 members (excludes halogenated alkanes) is 2. The molecule has 52 heavy (non-hydrogen) atoms. The largest absolute Gasteiger partial charge is 0.460 e. The number of amides is 3. The fourth-order valence-corrected chi connectivity index (χ4v) is 8.42. The van der Waals surface area contributed by atoms with Crippen LogP contribution in [0.25, 0.3) is 11.0 Å². The van der Waals surface area contributed by atoms with Gasteiger partial charge in [0.15, 0.2) is 0 Å². The first-order chi connectivity index (χ1) is 24.9. The maximum Gasteiger partial charge on any atom is 0.407 e. The third-order valence-electron chi connectivity index (χ3n) is 11.2. The maximum atomic E-state index is 14.3. The second-order valence-corrected chi connectivity index (χ2v) is 15.9. The SMILES string of the molecule is CCCCCOC(=O)c1cc2cc(NC(=O)[C@H]3[C@H](C4CCC(OC)CC4)CCN3C(=O)C3CCC([C@@H](CF)NC(=O)OC(C)(C)C)CC3)ccc2o1. The summed E-state index contributed by atoms with van der Waals surface area (Å²) < 4.78 is 36.2. The minimum Gasteiger partial charge on any atom is -0.460 e. The Kier molecular flexibility index (Phi) is 13.6. The molecule has 11 nitrogen and oxygen atoms in total. The zero-order valence-corrected chi connectivity index (χ0v) is 31.5. The van der Waals surface area contributed by atoms with Crippen molar-refractivity contribution in [1.29, 1.82) is 0 Å². The summed E-state index contributed by atoms with van der Waals surface area (Å²) in [5.41, 5.74) is 0.376. The third-order valence-corrected chi connectivity index (χ3v) is 11.2. The number of rotatable bonds is 13. The number of halogens is 1. The lowest BCUT2D eigenvalue weighted by Crippen LogP contribution is -2.50. The standard InChI is InChI=1S/C40H58FN3O8/c1-6-7-8-21-50-38(47)34-23-28-22-29(15-18-33(28)51-34)42-36(45)35-31(25-13-16-30(49-5)17-14-25)19-20-44(35)37(46)27-11-9-26(10-12-27)32(24-41)43-39(48)52-40(2,3)4/h15,18,22-23,25-27,30-32,35H,6-14,16-17,19-21,24H2,1-5H3,(H,42,45)(H,43,48)/t25?,26?,27?,30?,31-,32+,35+/m0/s1. The predicted molar refractivity (Wildman–Crippen MR) is 196 cm³/mol. The number of nitrogens with zero attached hydrogens (tertiary/aromatic N) is 1. The van der Waals surface area contributed by atoms with E-state index in [-0.39, 0.29) is 41.4 Å². The minimum atomic E-state index is -0.709. The molecule has 1 saturated heterocycles. The molecule has 5 rings (SSSR count). The number of alkyl halides is 1. The quantitative estimate of drug-likeness (QED) is 0.158. The number of alkyl carbamates (subject to hydrolysis) is 1. The van der Waals surface area contributed by atoms with E-state index in [1.807, 2.05) is 0 Å². The summed E-state index contributed by atoms with van der Waals surface area (Å²) in [6.45, 7) is 7.50. The molecular weight excluding hydrogens is 669 g/mol. The Hall–Kier alpha value is -3.67. The average Bonchev–Trinajstić information content (AvgIpc) is 3.77. The number of carbonyl (C=O) groups is 4. The highest BCUT2D eigenvalue weighted by atomic mass is 19.1. The van der Waals surface area contributed by atoms with E-state index in [0.717, 1.165) is 51.4 Å². The number of ether oxygens (including phenoxy) is 3. The number of carbonyl (C=O) groups excluding carboxylic acids is 4. The van der Waals surface area contributed by atoms with Gasteiger partial charge in [-0.1, -0.05) is 19.8 Å². The predicted octanol–water partition coefficient (Wildman–Crippen LogP) is 7.81. The van der Waals surface area contributed by atoms with Gasteiger partial charge >= 0.3 is 12.1 Å². The molecule has 2 aliphatic carbocycles. The van der Waals surface area contributed by atoms with Crippen molar-refractivity contribution in [3.8, 4) is 0 Å². The van der Waals surface area contributed by atoms with Crippen LogP contribution >= 0.6 is 0 Å². The summed E-state index contributed by atoms with van der Waals surface area (Å²) in [7, 11) is 1.74. The summed E-state index contributed by atoms with van der Waals surface area (Å²) in [6, 6.07) is 5.56. The molecule has 0 unspecified atom stereocenters. The highest BCUT2D eigenvalue weighted by Crippen LogP contribution is 2.42. The summed E-state index contributed by atoms with van der Waals surface area (Å²) >= 11 is 0. The van der Waals surface area contributed by atoms with E-state index in [9.17, 15) is 23.6 Å². The zero-order chi connectivity index (χ0) is 37.4. The number of fused-ring (bicyclic) bond motifs is 1. The number of benzene rings is 1. The third kappa shape index (κ3) is 10.0. The molecule has 0 bridgehead atoms. The lowest BCUT2D eigenvalue weighted by atomic mass is 9.75. The molecule has 2 saturated carbocycles. The topological polar surface area (TPSA) is 136 Å². The first-order valence-corrected chi connectivity index (χ1v) is 19.3. The van der Waals surface area contributed by atoms with Gasteiger partial charge < -0.3 is 34.2 Å². The minimum absolute atomic E-state index is 0.0128. The first-order valence-electron chi connectivity index (χ1n) is 19.3. The van der Waals surface area contributed by atoms with Crippen molar-refractivity contribution in [2.24, 2.45) is 23.7 Å². The monoisotopic (exact) mass is 727 g/mol. The Morgan fingerprint density at radius 2 is 1.71 bits per heavy atom. The van der Waals surface area contributed by atoms with E-state index in [0.29, 0.717) is 61.4 Å². The molecule has 0 radical (unpaired) electrons. The Morgan fingerprint density at radius 3 is 2.37 bits per heavy atom. The fourth-order valence-electron chi connectivity index (χ4n) is 8.42. The van der Waals surface area contributed by atoms with Gasteiger partial charge in [0.1, 0.15) is 23.9 Å². The van der Waals surface area contributed by atoms with Crippen molar-refractivity contribution in [3.63, 3.8) is 0 Å². The first kappa shape index (κ1) is 39.5. The van der Waals surface area contributed by atoms with E-state index in [4.69, 9.17) is 18.6 Å². The highest BCUT2D eigenvalue weighted by Gasteiger charge is 2.47. The van der Waals surface area contributed by atoms with E-state index in [2.05, 4.69) is 17.6 Å². The van der Waals surface area contributed by atoms with Crippen molar-refractivity contribution in [2.75, 3.05) is 32.3 Å². The lowest BCUT2D eigenvalue weighted by molar-refractivity contribution is -0.142. The van der Waals surface area contributed by atoms with Crippen molar-refractivity contribution in [1.82, 2.24) is 10.2 Å². The number of furan rings is 1. The molecule has 12 heteroatoms. The Balaban J connectivity index is 1.27. The molecule has 2 heterocycles. The van der Waals surface area contributed by atoms with Crippen LogP contribution in [-0.2, 0) is 23.8 Å². The normalized spacial score (nSPS) is 25.8. The second kappa shape index (κ2) is 17.9. The van der Waals surface area contributed by atoms with Gasteiger partial charge in [0.25, 0.3) is 0 Å². The van der Waals surface area contributed by atoms with Gasteiger partial charge in [-0.2, -0.15) is 0 Å². The highest BCUT2D eigenvalue weighted by molar-refractivity contribution is 6.00. The molecule has 1 aromatic heterocycles. The van der Waals surface area contributed by atoms with Gasteiger partial charge in [-0.15, -0.1) is 0 Å². The van der Waals surface area contributed by atoms with Crippen molar-refractivity contribution in [2.45, 2.75) is 129 Å². The van der Waals surface area contributed by atoms with Crippen LogP contribution in [0.4, 0.5) is 14.9 Å². The molecule has 3 aliphatic rings. The van der Waals surface area contributed by atoms with Crippen LogP contribution in [0.2, 0.25) is 0 Å². The van der Waals surface area contributed by atoms with Gasteiger partial charge in [0.2, 0.25) is 17.6 Å². The summed E-state index contributed by atoms with van der Waals surface area (Å²) in [4.78, 5) is 55.2. The average molecular weight is 728 g/mol. The molecule has 3 fully saturated rings. The second-order valence-electron chi connectivity index (χ2n) is 15.9. The van der Waals surface area contributed by atoms with Gasteiger partial charge in [0, 0.05) is 30.6 Å². The fraction of sp³-hybridized carbons (Fsp3) is 0.700. The van der Waals surface area contributed by atoms with Crippen LogP contribution in [0.5, 0.6) is 0 Å². The van der Waals surface area contributed by atoms with Gasteiger partial charge in [-0.25, -0.2) is 14.0 Å². The number of hydrogen-bond donors (Lipinski definition) is 2. The van der Waals surface area contributed by atoms with E-state index < -0.39 is 36.4 Å². The molecule has 1 aromatic carbocycles. The van der Waals surface area contributed by atoms with E-state index in [1.54, 1.807) is 57.0 Å². The molecule has 0 spiro atoms. The number of anilines is 1. The number of likely N-dealkylation sites (tertiary alicyclic amines) is 1. The molecule has 2 N–H and O–H groups in total. The molecular formula is C40H58FN3O8. The van der Waals surface area contributed by atoms with Crippen LogP contribution in [0.15, 0.2) is 28.7 Å². The summed E-state index contributed by atoms with van der Waals surface area (Å²) in [5.74, 6) is -0.740. The number of hydrogen-bond acceptors (Lipinski definition) is 8. The Morgan fingerprint density at radius 1 is 0.981 bits per heavy atom. The zero-order valence-electron chi connectivity index (χ0n) is 31.5. The molecule has 3 atom stereocenters. The molecule has 3 amide bonds. The maximum absolute atomic E-state index is 14.3. The van der Waals surface area contributed by atoms with Gasteiger partial charge in [-0.3, -0.25) is 9.59 Å². The Labute approximate surface area is 307 Å². The smallest absolute Gasteiger partial charge is 0.407 e. The molecule has 1 aliphatic heterocycles. The summed E-state index contributed by atoms with van der Waals surface area (Å²) in [5, 5.41) is 6.45. The molecule has 288 valence electrons. The number of esters is 1. The van der Waals surface area contributed by atoms with Crippen LogP contribution in [-0.4, -0.2) is 79.5 Å². The van der Waals surface area contributed by atoms with E-state index in [1.165, 1.54) is 0 Å². The lowest BCUT2D eigenvalue weighted by Gasteiger charge is -2.38. The molecule has 2 aromatic rings. The Bertz CT molecular complexity index is 1520.